The van der Waals surface area contributed by atoms with Gasteiger partial charge in [-0.2, -0.15) is 0 Å². The minimum atomic E-state index is -0.0333. The predicted octanol–water partition coefficient (Wildman–Crippen LogP) is 3.18. The second kappa shape index (κ2) is 6.34. The molecular formula is C19H19N3OS. The van der Waals surface area contributed by atoms with Crippen molar-refractivity contribution in [2.45, 2.75) is 26.4 Å². The van der Waals surface area contributed by atoms with Gasteiger partial charge < -0.3 is 10.6 Å². The zero-order valence-electron chi connectivity index (χ0n) is 13.6. The smallest absolute Gasteiger partial charge is 0.251 e. The van der Waals surface area contributed by atoms with Crippen LogP contribution in [0.1, 0.15) is 32.7 Å². The van der Waals surface area contributed by atoms with E-state index in [0.717, 1.165) is 30.6 Å². The van der Waals surface area contributed by atoms with Crippen LogP contribution in [0.5, 0.6) is 0 Å². The molecule has 0 fully saturated rings. The van der Waals surface area contributed by atoms with Crippen molar-refractivity contribution in [3.8, 4) is 0 Å². The number of hydrogen-bond acceptors (Lipinski definition) is 4. The summed E-state index contributed by atoms with van der Waals surface area (Å²) in [6.07, 6.45) is 2.94. The highest BCUT2D eigenvalue weighted by molar-refractivity contribution is 7.17. The zero-order valence-corrected chi connectivity index (χ0v) is 14.4. The molecule has 4 rings (SSSR count). The molecule has 1 aromatic carbocycles. The number of carbonyl (C=O) groups is 1. The van der Waals surface area contributed by atoms with E-state index in [1.54, 1.807) is 11.3 Å². The monoisotopic (exact) mass is 337 g/mol. The second-order valence-electron chi connectivity index (χ2n) is 6.11. The van der Waals surface area contributed by atoms with Gasteiger partial charge in [-0.15, -0.1) is 11.3 Å². The van der Waals surface area contributed by atoms with Crippen LogP contribution in [-0.4, -0.2) is 17.4 Å². The molecule has 5 heteroatoms. The molecule has 0 aliphatic carbocycles. The van der Waals surface area contributed by atoms with Gasteiger partial charge in [0.15, 0.2) is 0 Å². The van der Waals surface area contributed by atoms with Crippen molar-refractivity contribution in [1.29, 1.82) is 0 Å². The second-order valence-corrected chi connectivity index (χ2v) is 7.06. The Labute approximate surface area is 144 Å². The standard InChI is InChI=1S/C19H19N3OS/c1-12-17(16-4-6-20-9-15(16)10-21-12)11-22-19(23)14-2-3-18-13(8-14)5-7-24-18/h2-3,5,7-8,10,20H,4,6,9,11H2,1H3,(H,22,23). The molecule has 3 aromatic rings. The molecule has 2 aromatic heterocycles. The van der Waals surface area contributed by atoms with Crippen LogP contribution >= 0.6 is 11.3 Å². The molecule has 0 bridgehead atoms. The molecular weight excluding hydrogens is 318 g/mol. The molecule has 0 saturated heterocycles. The fraction of sp³-hybridized carbons (Fsp3) is 0.263. The Balaban J connectivity index is 1.55. The molecule has 24 heavy (non-hydrogen) atoms. The van der Waals surface area contributed by atoms with Crippen molar-refractivity contribution in [2.24, 2.45) is 0 Å². The number of carbonyl (C=O) groups excluding carboxylic acids is 1. The Morgan fingerprint density at radius 1 is 1.38 bits per heavy atom. The van der Waals surface area contributed by atoms with Gasteiger partial charge in [0.1, 0.15) is 0 Å². The minimum Gasteiger partial charge on any atom is -0.348 e. The van der Waals surface area contributed by atoms with Gasteiger partial charge in [0.2, 0.25) is 0 Å². The summed E-state index contributed by atoms with van der Waals surface area (Å²) in [6, 6.07) is 7.91. The maximum absolute atomic E-state index is 12.5. The summed E-state index contributed by atoms with van der Waals surface area (Å²) < 4.78 is 1.20. The van der Waals surface area contributed by atoms with Crippen LogP contribution < -0.4 is 10.6 Å². The Morgan fingerprint density at radius 2 is 2.29 bits per heavy atom. The number of thiophene rings is 1. The zero-order chi connectivity index (χ0) is 16.5. The van der Waals surface area contributed by atoms with Gasteiger partial charge in [-0.05, 0) is 71.6 Å². The summed E-state index contributed by atoms with van der Waals surface area (Å²) in [5.41, 5.74) is 5.46. The Kier molecular flexibility index (Phi) is 4.04. The molecule has 1 aliphatic heterocycles. The molecule has 0 spiro atoms. The highest BCUT2D eigenvalue weighted by atomic mass is 32.1. The SMILES string of the molecule is Cc1ncc2c(c1CNC(=O)c1ccc3sccc3c1)CCNC2. The van der Waals surface area contributed by atoms with E-state index in [1.165, 1.54) is 21.4 Å². The number of pyridine rings is 1. The number of aromatic nitrogens is 1. The van der Waals surface area contributed by atoms with Crippen LogP contribution in [0, 0.1) is 6.92 Å². The lowest BCUT2D eigenvalue weighted by atomic mass is 9.96. The molecule has 0 atom stereocenters. The molecule has 0 radical (unpaired) electrons. The van der Waals surface area contributed by atoms with E-state index < -0.39 is 0 Å². The fourth-order valence-electron chi connectivity index (χ4n) is 3.26. The molecule has 0 unspecified atom stereocenters. The van der Waals surface area contributed by atoms with E-state index in [2.05, 4.69) is 15.6 Å². The van der Waals surface area contributed by atoms with E-state index in [0.29, 0.717) is 12.1 Å². The lowest BCUT2D eigenvalue weighted by molar-refractivity contribution is 0.0951. The normalized spacial score (nSPS) is 13.7. The van der Waals surface area contributed by atoms with Crippen molar-refractivity contribution in [1.82, 2.24) is 15.6 Å². The van der Waals surface area contributed by atoms with Gasteiger partial charge in [-0.25, -0.2) is 0 Å². The first-order valence-electron chi connectivity index (χ1n) is 8.15. The van der Waals surface area contributed by atoms with E-state index in [-0.39, 0.29) is 5.91 Å². The van der Waals surface area contributed by atoms with Gasteiger partial charge in [0.25, 0.3) is 5.91 Å². The number of amides is 1. The van der Waals surface area contributed by atoms with Crippen LogP contribution in [-0.2, 0) is 19.5 Å². The summed E-state index contributed by atoms with van der Waals surface area (Å²) in [7, 11) is 0. The third kappa shape index (κ3) is 2.81. The van der Waals surface area contributed by atoms with Crippen molar-refractivity contribution >= 4 is 27.3 Å². The van der Waals surface area contributed by atoms with Crippen LogP contribution in [0.3, 0.4) is 0 Å². The molecule has 122 valence electrons. The van der Waals surface area contributed by atoms with Crippen LogP contribution in [0.25, 0.3) is 10.1 Å². The largest absolute Gasteiger partial charge is 0.348 e. The molecule has 1 aliphatic rings. The topological polar surface area (TPSA) is 54.0 Å². The molecule has 4 nitrogen and oxygen atoms in total. The quantitative estimate of drug-likeness (QED) is 0.772. The summed E-state index contributed by atoms with van der Waals surface area (Å²) in [6.45, 7) is 4.38. The lowest BCUT2D eigenvalue weighted by Gasteiger charge is -2.21. The number of nitrogens with zero attached hydrogens (tertiary/aromatic N) is 1. The maximum atomic E-state index is 12.5. The van der Waals surface area contributed by atoms with Crippen LogP contribution in [0.2, 0.25) is 0 Å². The van der Waals surface area contributed by atoms with E-state index in [4.69, 9.17) is 0 Å². The van der Waals surface area contributed by atoms with Crippen molar-refractivity contribution in [3.63, 3.8) is 0 Å². The number of benzene rings is 1. The first-order valence-corrected chi connectivity index (χ1v) is 9.03. The number of fused-ring (bicyclic) bond motifs is 2. The van der Waals surface area contributed by atoms with Gasteiger partial charge in [0, 0.05) is 35.2 Å². The Morgan fingerprint density at radius 3 is 3.21 bits per heavy atom. The third-order valence-electron chi connectivity index (χ3n) is 4.61. The molecule has 3 heterocycles. The summed E-state index contributed by atoms with van der Waals surface area (Å²) in [5.74, 6) is -0.0333. The molecule has 1 amide bonds. The average molecular weight is 337 g/mol. The predicted molar refractivity (Wildman–Crippen MR) is 97.4 cm³/mol. The summed E-state index contributed by atoms with van der Waals surface area (Å²) in [5, 5.41) is 9.60. The Hall–Kier alpha value is -2.24. The summed E-state index contributed by atoms with van der Waals surface area (Å²) >= 11 is 1.69. The van der Waals surface area contributed by atoms with E-state index in [9.17, 15) is 4.79 Å². The third-order valence-corrected chi connectivity index (χ3v) is 5.51. The average Bonchev–Trinajstić information content (AvgIpc) is 3.08. The maximum Gasteiger partial charge on any atom is 0.251 e. The van der Waals surface area contributed by atoms with E-state index >= 15 is 0 Å². The van der Waals surface area contributed by atoms with Crippen molar-refractivity contribution in [2.75, 3.05) is 6.54 Å². The highest BCUT2D eigenvalue weighted by Crippen LogP contribution is 2.23. The van der Waals surface area contributed by atoms with Crippen molar-refractivity contribution < 1.29 is 4.79 Å². The first-order chi connectivity index (χ1) is 11.7. The molecule has 0 saturated carbocycles. The number of aryl methyl sites for hydroxylation is 1. The minimum absolute atomic E-state index is 0.0333. The summed E-state index contributed by atoms with van der Waals surface area (Å²) in [4.78, 5) is 17.0. The van der Waals surface area contributed by atoms with Crippen LogP contribution in [0.15, 0.2) is 35.8 Å². The number of hydrogen-bond donors (Lipinski definition) is 2. The Bertz CT molecular complexity index is 916. The lowest BCUT2D eigenvalue weighted by Crippen LogP contribution is -2.28. The van der Waals surface area contributed by atoms with E-state index in [1.807, 2.05) is 42.8 Å². The first kappa shape index (κ1) is 15.3. The highest BCUT2D eigenvalue weighted by Gasteiger charge is 2.16. The molecule has 2 N–H and O–H groups in total. The van der Waals surface area contributed by atoms with Gasteiger partial charge >= 0.3 is 0 Å². The van der Waals surface area contributed by atoms with Gasteiger partial charge in [0.05, 0.1) is 0 Å². The fourth-order valence-corrected chi connectivity index (χ4v) is 4.03. The van der Waals surface area contributed by atoms with Crippen molar-refractivity contribution in [3.05, 3.63) is 63.8 Å². The van der Waals surface area contributed by atoms with Gasteiger partial charge in [-0.1, -0.05) is 0 Å². The number of rotatable bonds is 3. The number of nitrogens with one attached hydrogen (secondary N) is 2. The van der Waals surface area contributed by atoms with Crippen LogP contribution in [0.4, 0.5) is 0 Å². The van der Waals surface area contributed by atoms with Gasteiger partial charge in [-0.3, -0.25) is 9.78 Å².